The van der Waals surface area contributed by atoms with Crippen molar-refractivity contribution in [2.45, 2.75) is 12.5 Å². The molecule has 0 saturated heterocycles. The predicted octanol–water partition coefficient (Wildman–Crippen LogP) is 3.09. The second-order valence-corrected chi connectivity index (χ2v) is 5.54. The molecule has 1 aliphatic rings. The highest BCUT2D eigenvalue weighted by Gasteiger charge is 2.22. The maximum atomic E-state index is 6.11. The van der Waals surface area contributed by atoms with Crippen molar-refractivity contribution in [2.75, 3.05) is 17.3 Å². The number of hydrogen-bond acceptors (Lipinski definition) is 5. The number of fused-ring (bicyclic) bond motifs is 1. The minimum atomic E-state index is 0.0465. The second kappa shape index (κ2) is 5.97. The molecule has 1 atom stereocenters. The summed E-state index contributed by atoms with van der Waals surface area (Å²) in [7, 11) is 0. The molecule has 1 aromatic heterocycles. The van der Waals surface area contributed by atoms with Gasteiger partial charge in [0.1, 0.15) is 17.7 Å². The maximum Gasteiger partial charge on any atom is 0.161 e. The number of nitrogen functional groups attached to an aromatic ring is 1. The van der Waals surface area contributed by atoms with Gasteiger partial charge in [0, 0.05) is 6.42 Å². The van der Waals surface area contributed by atoms with Crippen LogP contribution in [0.3, 0.4) is 0 Å². The number of nitrogens with zero attached hydrogens (tertiary/aromatic N) is 1. The first-order chi connectivity index (χ1) is 10.2. The van der Waals surface area contributed by atoms with Gasteiger partial charge in [0.25, 0.3) is 0 Å². The van der Waals surface area contributed by atoms with E-state index in [0.29, 0.717) is 28.2 Å². The monoisotopic (exact) mass is 324 g/mol. The molecule has 0 aliphatic carbocycles. The van der Waals surface area contributed by atoms with E-state index in [9.17, 15) is 0 Å². The summed E-state index contributed by atoms with van der Waals surface area (Å²) < 4.78 is 5.85. The van der Waals surface area contributed by atoms with Crippen LogP contribution in [0.4, 0.5) is 11.6 Å². The largest absolute Gasteiger partial charge is 0.488 e. The lowest BCUT2D eigenvalue weighted by Gasteiger charge is -2.14. The van der Waals surface area contributed by atoms with Gasteiger partial charge in [-0.2, -0.15) is 0 Å². The number of rotatable bonds is 4. The molecule has 7 heteroatoms. The van der Waals surface area contributed by atoms with Crippen LogP contribution in [-0.4, -0.2) is 17.6 Å². The molecule has 0 amide bonds. The summed E-state index contributed by atoms with van der Waals surface area (Å²) in [4.78, 5) is 4.23. The van der Waals surface area contributed by atoms with E-state index >= 15 is 0 Å². The Hall–Kier alpha value is -1.69. The summed E-state index contributed by atoms with van der Waals surface area (Å²) in [5, 5.41) is 3.98. The second-order valence-electron chi connectivity index (χ2n) is 4.73. The smallest absolute Gasteiger partial charge is 0.161 e. The van der Waals surface area contributed by atoms with Crippen LogP contribution in [0.1, 0.15) is 5.56 Å². The Balaban J connectivity index is 1.67. The first-order valence-corrected chi connectivity index (χ1v) is 7.24. The van der Waals surface area contributed by atoms with Gasteiger partial charge in [-0.25, -0.2) is 10.8 Å². The molecular formula is C14H14Cl2N4O. The van der Waals surface area contributed by atoms with E-state index in [4.69, 9.17) is 33.8 Å². The molecule has 0 saturated carbocycles. The van der Waals surface area contributed by atoms with Crippen LogP contribution in [0.5, 0.6) is 5.75 Å². The first-order valence-electron chi connectivity index (χ1n) is 6.48. The van der Waals surface area contributed by atoms with Crippen molar-refractivity contribution in [1.82, 2.24) is 4.98 Å². The number of aromatic nitrogens is 1. The molecule has 0 spiro atoms. The van der Waals surface area contributed by atoms with Gasteiger partial charge in [0.2, 0.25) is 0 Å². The summed E-state index contributed by atoms with van der Waals surface area (Å²) in [6.45, 7) is 0.590. The molecule has 5 nitrogen and oxygen atoms in total. The van der Waals surface area contributed by atoms with Crippen molar-refractivity contribution < 1.29 is 4.74 Å². The number of ether oxygens (including phenoxy) is 1. The molecule has 110 valence electrons. The van der Waals surface area contributed by atoms with E-state index in [1.54, 1.807) is 6.07 Å². The normalized spacial score (nSPS) is 16.2. The number of halogens is 2. The van der Waals surface area contributed by atoms with Gasteiger partial charge in [0.15, 0.2) is 5.82 Å². The van der Waals surface area contributed by atoms with Crippen LogP contribution < -0.4 is 21.3 Å². The van der Waals surface area contributed by atoms with Gasteiger partial charge < -0.3 is 15.5 Å². The predicted molar refractivity (Wildman–Crippen MR) is 85.1 cm³/mol. The SMILES string of the molecule is NNc1nc(NCC2Cc3ccccc3O2)c(Cl)cc1Cl. The summed E-state index contributed by atoms with van der Waals surface area (Å²) in [6, 6.07) is 9.61. The summed E-state index contributed by atoms with van der Waals surface area (Å²) in [6.07, 6.45) is 0.904. The van der Waals surface area contributed by atoms with Gasteiger partial charge in [0.05, 0.1) is 16.6 Å². The lowest BCUT2D eigenvalue weighted by Crippen LogP contribution is -2.24. The molecule has 4 N–H and O–H groups in total. The Labute approximate surface area is 132 Å². The van der Waals surface area contributed by atoms with Crippen LogP contribution in [0.25, 0.3) is 0 Å². The zero-order chi connectivity index (χ0) is 14.8. The number of nitrogens with two attached hydrogens (primary N) is 1. The van der Waals surface area contributed by atoms with Gasteiger partial charge in [-0.1, -0.05) is 41.4 Å². The van der Waals surface area contributed by atoms with Crippen LogP contribution in [0.2, 0.25) is 10.0 Å². The van der Waals surface area contributed by atoms with Crippen LogP contribution in [0.15, 0.2) is 30.3 Å². The molecule has 2 heterocycles. The molecule has 1 aliphatic heterocycles. The molecule has 1 aromatic carbocycles. The lowest BCUT2D eigenvalue weighted by atomic mass is 10.1. The highest BCUT2D eigenvalue weighted by atomic mass is 35.5. The fourth-order valence-electron chi connectivity index (χ4n) is 2.27. The van der Waals surface area contributed by atoms with Gasteiger partial charge in [-0.3, -0.25) is 0 Å². The molecule has 21 heavy (non-hydrogen) atoms. The molecular weight excluding hydrogens is 311 g/mol. The zero-order valence-electron chi connectivity index (χ0n) is 11.1. The highest BCUT2D eigenvalue weighted by molar-refractivity contribution is 6.37. The van der Waals surface area contributed by atoms with Crippen molar-refractivity contribution in [3.8, 4) is 5.75 Å². The number of hydrazine groups is 1. The summed E-state index contributed by atoms with van der Waals surface area (Å²) in [5.74, 6) is 7.18. The van der Waals surface area contributed by atoms with Crippen LogP contribution in [0, 0.1) is 0 Å². The van der Waals surface area contributed by atoms with Crippen LogP contribution >= 0.6 is 23.2 Å². The Morgan fingerprint density at radius 1 is 1.24 bits per heavy atom. The van der Waals surface area contributed by atoms with Crippen molar-refractivity contribution in [1.29, 1.82) is 0 Å². The molecule has 0 radical (unpaired) electrons. The molecule has 2 aromatic rings. The third-order valence-corrected chi connectivity index (χ3v) is 3.85. The Bertz CT molecular complexity index is 640. The number of hydrogen-bond donors (Lipinski definition) is 3. The average Bonchev–Trinajstić information content (AvgIpc) is 2.89. The first kappa shape index (κ1) is 14.3. The molecule has 0 fully saturated rings. The molecule has 3 rings (SSSR count). The quantitative estimate of drug-likeness (QED) is 0.595. The third-order valence-electron chi connectivity index (χ3n) is 3.28. The standard InChI is InChI=1S/C14H14Cl2N4O/c15-10-6-11(16)14(20-17)19-13(10)18-7-9-5-8-3-1-2-4-12(8)21-9/h1-4,6,9H,5,7,17H2,(H2,18,19,20). The van der Waals surface area contributed by atoms with E-state index in [0.717, 1.165) is 12.2 Å². The zero-order valence-corrected chi connectivity index (χ0v) is 12.6. The summed E-state index contributed by atoms with van der Waals surface area (Å²) in [5.41, 5.74) is 3.64. The Kier molecular flexibility index (Phi) is 4.05. The number of anilines is 2. The fraction of sp³-hybridized carbons (Fsp3) is 0.214. The third kappa shape index (κ3) is 3.00. The van der Waals surface area contributed by atoms with E-state index in [2.05, 4.69) is 21.8 Å². The molecule has 0 bridgehead atoms. The van der Waals surface area contributed by atoms with Gasteiger partial charge in [-0.15, -0.1) is 0 Å². The maximum absolute atomic E-state index is 6.11. The summed E-state index contributed by atoms with van der Waals surface area (Å²) >= 11 is 12.1. The van der Waals surface area contributed by atoms with Crippen LogP contribution in [-0.2, 0) is 6.42 Å². The van der Waals surface area contributed by atoms with E-state index in [-0.39, 0.29) is 6.10 Å². The lowest BCUT2D eigenvalue weighted by molar-refractivity contribution is 0.246. The topological polar surface area (TPSA) is 72.2 Å². The highest BCUT2D eigenvalue weighted by Crippen LogP contribution is 2.30. The van der Waals surface area contributed by atoms with Crippen molar-refractivity contribution >= 4 is 34.8 Å². The number of nitrogens with one attached hydrogen (secondary N) is 2. The van der Waals surface area contributed by atoms with E-state index < -0.39 is 0 Å². The number of para-hydroxylation sites is 1. The van der Waals surface area contributed by atoms with Crippen molar-refractivity contribution in [2.24, 2.45) is 5.84 Å². The van der Waals surface area contributed by atoms with Crippen molar-refractivity contribution in [3.05, 3.63) is 45.9 Å². The minimum absolute atomic E-state index is 0.0465. The Morgan fingerprint density at radius 2 is 2.00 bits per heavy atom. The average molecular weight is 325 g/mol. The Morgan fingerprint density at radius 3 is 2.76 bits per heavy atom. The number of benzene rings is 1. The molecule has 1 unspecified atom stereocenters. The van der Waals surface area contributed by atoms with Gasteiger partial charge in [-0.05, 0) is 17.7 Å². The van der Waals surface area contributed by atoms with E-state index in [1.165, 1.54) is 5.56 Å². The fourth-order valence-corrected chi connectivity index (χ4v) is 2.75. The minimum Gasteiger partial charge on any atom is -0.488 e. The number of pyridine rings is 1. The van der Waals surface area contributed by atoms with Gasteiger partial charge >= 0.3 is 0 Å². The van der Waals surface area contributed by atoms with Crippen molar-refractivity contribution in [3.63, 3.8) is 0 Å². The van der Waals surface area contributed by atoms with E-state index in [1.807, 2.05) is 18.2 Å².